The maximum absolute atomic E-state index is 9.99. The fourth-order valence-electron chi connectivity index (χ4n) is 2.16. The van der Waals surface area contributed by atoms with Crippen LogP contribution in [0, 0.1) is 0 Å². The first-order valence-corrected chi connectivity index (χ1v) is 7.00. The van der Waals surface area contributed by atoms with Crippen molar-refractivity contribution in [3.05, 3.63) is 53.1 Å². The Morgan fingerprint density at radius 2 is 1.73 bits per heavy atom. The lowest BCUT2D eigenvalue weighted by molar-refractivity contribution is 0.297. The summed E-state index contributed by atoms with van der Waals surface area (Å²) in [4.78, 5) is 0. The lowest BCUT2D eigenvalue weighted by atomic mass is 10.0. The van der Waals surface area contributed by atoms with Gasteiger partial charge in [0.15, 0.2) is 0 Å². The number of hydrogen-bond donors (Lipinski definition) is 2. The van der Waals surface area contributed by atoms with Gasteiger partial charge in [-0.05, 0) is 41.8 Å². The topological polar surface area (TPSA) is 58.9 Å². The first-order chi connectivity index (χ1) is 10.7. The highest BCUT2D eigenvalue weighted by Crippen LogP contribution is 2.30. The Labute approximate surface area is 130 Å². The lowest BCUT2D eigenvalue weighted by Gasteiger charge is -2.10. The fraction of sp³-hybridized carbons (Fsp3) is 0.222. The van der Waals surface area contributed by atoms with E-state index in [1.807, 2.05) is 36.4 Å². The van der Waals surface area contributed by atoms with E-state index in [4.69, 9.17) is 14.6 Å². The molecule has 4 nitrogen and oxygen atoms in total. The highest BCUT2D eigenvalue weighted by molar-refractivity contribution is 5.74. The summed E-state index contributed by atoms with van der Waals surface area (Å²) in [7, 11) is 3.21. The summed E-state index contributed by atoms with van der Waals surface area (Å²) in [5.74, 6) is 1.62. The molecule has 0 fully saturated rings. The minimum atomic E-state index is -0.0161. The third-order valence-corrected chi connectivity index (χ3v) is 3.38. The number of aromatic hydroxyl groups is 1. The maximum atomic E-state index is 9.99. The van der Waals surface area contributed by atoms with E-state index >= 15 is 0 Å². The van der Waals surface area contributed by atoms with E-state index in [0.717, 1.165) is 16.9 Å². The monoisotopic (exact) mass is 300 g/mol. The summed E-state index contributed by atoms with van der Waals surface area (Å²) >= 11 is 0. The van der Waals surface area contributed by atoms with Crippen molar-refractivity contribution in [3.63, 3.8) is 0 Å². The summed E-state index contributed by atoms with van der Waals surface area (Å²) in [5.41, 5.74) is 2.46. The Hall–Kier alpha value is -2.46. The first kappa shape index (κ1) is 15.9. The molecular weight excluding hydrogens is 280 g/mol. The largest absolute Gasteiger partial charge is 0.508 e. The number of benzene rings is 2. The van der Waals surface area contributed by atoms with Crippen molar-refractivity contribution in [3.8, 4) is 17.2 Å². The van der Waals surface area contributed by atoms with Crippen LogP contribution in [0.4, 0.5) is 0 Å². The Morgan fingerprint density at radius 1 is 1.00 bits per heavy atom. The molecule has 2 aromatic rings. The summed E-state index contributed by atoms with van der Waals surface area (Å²) < 4.78 is 10.5. The van der Waals surface area contributed by atoms with Gasteiger partial charge in [0.05, 0.1) is 14.2 Å². The summed E-state index contributed by atoms with van der Waals surface area (Å²) in [6, 6.07) is 11.1. The van der Waals surface area contributed by atoms with Crippen LogP contribution in [-0.4, -0.2) is 31.0 Å². The molecule has 0 amide bonds. The van der Waals surface area contributed by atoms with Crippen LogP contribution in [0.25, 0.3) is 12.2 Å². The molecule has 4 heteroatoms. The normalized spacial score (nSPS) is 10.9. The van der Waals surface area contributed by atoms with Crippen LogP contribution in [0.5, 0.6) is 17.2 Å². The average molecular weight is 300 g/mol. The number of phenolic OH excluding ortho intramolecular Hbond substituents is 1. The second kappa shape index (κ2) is 7.52. The van der Waals surface area contributed by atoms with Crippen molar-refractivity contribution >= 4 is 12.2 Å². The van der Waals surface area contributed by atoms with Crippen LogP contribution >= 0.6 is 0 Å². The number of hydrogen-bond acceptors (Lipinski definition) is 4. The molecule has 22 heavy (non-hydrogen) atoms. The van der Waals surface area contributed by atoms with Gasteiger partial charge in [-0.1, -0.05) is 24.3 Å². The zero-order valence-corrected chi connectivity index (χ0v) is 12.7. The number of rotatable bonds is 6. The molecule has 0 saturated heterocycles. The molecule has 0 aliphatic heterocycles. The molecule has 0 heterocycles. The smallest absolute Gasteiger partial charge is 0.126 e. The molecule has 2 N–H and O–H groups in total. The highest BCUT2D eigenvalue weighted by atomic mass is 16.5. The summed E-state index contributed by atoms with van der Waals surface area (Å²) in [6.45, 7) is -0.0161. The number of aliphatic hydroxyl groups is 1. The van der Waals surface area contributed by atoms with E-state index in [9.17, 15) is 5.11 Å². The number of methoxy groups -OCH3 is 2. The van der Waals surface area contributed by atoms with Gasteiger partial charge < -0.3 is 19.7 Å². The zero-order valence-electron chi connectivity index (χ0n) is 12.7. The van der Waals surface area contributed by atoms with Gasteiger partial charge >= 0.3 is 0 Å². The third kappa shape index (κ3) is 3.80. The minimum Gasteiger partial charge on any atom is -0.508 e. The van der Waals surface area contributed by atoms with Crippen molar-refractivity contribution in [2.45, 2.75) is 6.42 Å². The average Bonchev–Trinajstić information content (AvgIpc) is 2.55. The molecule has 0 atom stereocenters. The van der Waals surface area contributed by atoms with Gasteiger partial charge in [-0.3, -0.25) is 0 Å². The molecule has 2 aromatic carbocycles. The van der Waals surface area contributed by atoms with Crippen molar-refractivity contribution in [2.24, 2.45) is 0 Å². The van der Waals surface area contributed by atoms with E-state index < -0.39 is 0 Å². The van der Waals surface area contributed by atoms with E-state index in [1.54, 1.807) is 26.4 Å². The summed E-state index contributed by atoms with van der Waals surface area (Å²) in [5, 5.41) is 19.0. The number of aliphatic hydroxyl groups excluding tert-OH is 1. The van der Waals surface area contributed by atoms with Gasteiger partial charge in [-0.15, -0.1) is 0 Å². The maximum Gasteiger partial charge on any atom is 0.126 e. The van der Waals surface area contributed by atoms with Crippen molar-refractivity contribution in [1.82, 2.24) is 0 Å². The minimum absolute atomic E-state index is 0.0161. The predicted molar refractivity (Wildman–Crippen MR) is 87.4 cm³/mol. The van der Waals surface area contributed by atoms with E-state index in [1.165, 1.54) is 0 Å². The number of ether oxygens (including phenoxy) is 2. The SMILES string of the molecule is COc1ccc(C=Cc2cc(O)c(CCO)cc2OC)cc1. The second-order valence-electron chi connectivity index (χ2n) is 4.80. The molecule has 116 valence electrons. The molecule has 0 bridgehead atoms. The Kier molecular flexibility index (Phi) is 5.44. The van der Waals surface area contributed by atoms with Gasteiger partial charge in [0.25, 0.3) is 0 Å². The third-order valence-electron chi connectivity index (χ3n) is 3.38. The molecule has 0 aliphatic carbocycles. The predicted octanol–water partition coefficient (Wildman–Crippen LogP) is 3.11. The van der Waals surface area contributed by atoms with Gasteiger partial charge in [0.1, 0.15) is 17.2 Å². The molecule has 0 unspecified atom stereocenters. The van der Waals surface area contributed by atoms with Crippen molar-refractivity contribution in [2.75, 3.05) is 20.8 Å². The van der Waals surface area contributed by atoms with Crippen LogP contribution in [0.1, 0.15) is 16.7 Å². The van der Waals surface area contributed by atoms with Crippen LogP contribution in [0.2, 0.25) is 0 Å². The van der Waals surface area contributed by atoms with Gasteiger partial charge in [0, 0.05) is 12.2 Å². The molecule has 0 spiro atoms. The first-order valence-electron chi connectivity index (χ1n) is 7.00. The van der Waals surface area contributed by atoms with E-state index in [-0.39, 0.29) is 12.4 Å². The fourth-order valence-corrected chi connectivity index (χ4v) is 2.16. The molecule has 2 rings (SSSR count). The van der Waals surface area contributed by atoms with Crippen molar-refractivity contribution in [1.29, 1.82) is 0 Å². The highest BCUT2D eigenvalue weighted by Gasteiger charge is 2.07. The molecule has 0 radical (unpaired) electrons. The summed E-state index contributed by atoms with van der Waals surface area (Å²) in [6.07, 6.45) is 4.20. The Morgan fingerprint density at radius 3 is 2.32 bits per heavy atom. The van der Waals surface area contributed by atoms with Crippen LogP contribution in [0.15, 0.2) is 36.4 Å². The molecule has 0 aliphatic rings. The quantitative estimate of drug-likeness (QED) is 0.805. The van der Waals surface area contributed by atoms with Crippen molar-refractivity contribution < 1.29 is 19.7 Å². The van der Waals surface area contributed by atoms with E-state index in [0.29, 0.717) is 17.7 Å². The molecular formula is C18H20O4. The zero-order chi connectivity index (χ0) is 15.9. The molecule has 0 saturated carbocycles. The van der Waals surface area contributed by atoms with E-state index in [2.05, 4.69) is 0 Å². The Bertz CT molecular complexity index is 645. The van der Waals surface area contributed by atoms with Crippen LogP contribution < -0.4 is 9.47 Å². The van der Waals surface area contributed by atoms with Gasteiger partial charge in [-0.2, -0.15) is 0 Å². The van der Waals surface area contributed by atoms with Gasteiger partial charge in [-0.25, -0.2) is 0 Å². The Balaban J connectivity index is 2.27. The molecule has 0 aromatic heterocycles. The van der Waals surface area contributed by atoms with Gasteiger partial charge in [0.2, 0.25) is 0 Å². The lowest BCUT2D eigenvalue weighted by Crippen LogP contribution is -1.95. The van der Waals surface area contributed by atoms with Crippen LogP contribution in [0.3, 0.4) is 0 Å². The number of phenols is 1. The second-order valence-corrected chi connectivity index (χ2v) is 4.80. The van der Waals surface area contributed by atoms with Crippen LogP contribution in [-0.2, 0) is 6.42 Å². The standard InChI is InChI=1S/C18H20O4/c1-21-16-7-4-13(5-8-16)3-6-15-11-17(20)14(9-10-19)12-18(15)22-2/h3-8,11-12,19-20H,9-10H2,1-2H3.